The van der Waals surface area contributed by atoms with Crippen molar-refractivity contribution in [2.45, 2.75) is 33.3 Å². The Balaban J connectivity index is 1.80. The van der Waals surface area contributed by atoms with E-state index >= 15 is 0 Å². The Hall–Kier alpha value is -3.39. The summed E-state index contributed by atoms with van der Waals surface area (Å²) in [5.41, 5.74) is 4.85. The molecule has 2 aromatic rings. The number of H-pyrrole nitrogens is 1. The van der Waals surface area contributed by atoms with Crippen LogP contribution < -0.4 is 10.6 Å². The molecule has 0 fully saturated rings. The molecule has 2 heterocycles. The van der Waals surface area contributed by atoms with E-state index in [9.17, 15) is 14.0 Å². The number of carbonyl (C=O) groups is 2. The van der Waals surface area contributed by atoms with E-state index in [0.29, 0.717) is 58.9 Å². The summed E-state index contributed by atoms with van der Waals surface area (Å²) in [6.45, 7) is 10.4. The minimum absolute atomic E-state index is 0.191. The molecule has 3 N–H and O–H groups in total. The minimum atomic E-state index is -0.420. The number of anilines is 1. The third-order valence-electron chi connectivity index (χ3n) is 5.74. The standard InChI is InChI=1S/C25H31FN4O3/c1-7-33-18(10-14(2)30(5)6)13-27-25(32)23-15(3)22(28-16(23)4)12-20-19-11-17(26)8-9-21(19)29-24(20)31/h8-9,11-12,18,28H,2,7,10,13H2,1,3-6H3,(H,27,32)(H,29,31). The molecule has 3 rings (SSSR count). The van der Waals surface area contributed by atoms with E-state index in [4.69, 9.17) is 4.74 Å². The van der Waals surface area contributed by atoms with Crippen molar-refractivity contribution in [1.82, 2.24) is 15.2 Å². The van der Waals surface area contributed by atoms with Crippen LogP contribution in [0.15, 0.2) is 30.5 Å². The predicted molar refractivity (Wildman–Crippen MR) is 128 cm³/mol. The van der Waals surface area contributed by atoms with Crippen LogP contribution in [-0.2, 0) is 9.53 Å². The summed E-state index contributed by atoms with van der Waals surface area (Å²) in [4.78, 5) is 30.6. The molecule has 33 heavy (non-hydrogen) atoms. The second kappa shape index (κ2) is 10.0. The number of aromatic nitrogens is 1. The molecule has 8 heteroatoms. The number of ether oxygens (including phenoxy) is 1. The van der Waals surface area contributed by atoms with Crippen molar-refractivity contribution in [2.75, 3.05) is 32.6 Å². The number of carbonyl (C=O) groups excluding carboxylic acids is 2. The summed E-state index contributed by atoms with van der Waals surface area (Å²) in [6, 6.07) is 4.17. The SMILES string of the molecule is C=C(CC(CNC(=O)c1c(C)[nH]c(C=C2C(=O)Nc3ccc(F)cc32)c1C)OCC)N(C)C. The molecule has 1 unspecified atom stereocenters. The maximum atomic E-state index is 13.7. The first kappa shape index (κ1) is 24.3. The number of amides is 2. The van der Waals surface area contributed by atoms with Gasteiger partial charge in [0.25, 0.3) is 11.8 Å². The number of aryl methyl sites for hydroxylation is 1. The van der Waals surface area contributed by atoms with E-state index in [2.05, 4.69) is 22.2 Å². The predicted octanol–water partition coefficient (Wildman–Crippen LogP) is 3.86. The molecule has 0 saturated heterocycles. The van der Waals surface area contributed by atoms with Crippen molar-refractivity contribution in [3.05, 3.63) is 64.4 Å². The van der Waals surface area contributed by atoms with Gasteiger partial charge in [0.1, 0.15) is 5.82 Å². The summed E-state index contributed by atoms with van der Waals surface area (Å²) in [5, 5.41) is 5.69. The van der Waals surface area contributed by atoms with E-state index in [-0.39, 0.29) is 17.9 Å². The first-order valence-electron chi connectivity index (χ1n) is 10.9. The lowest BCUT2D eigenvalue weighted by Gasteiger charge is -2.22. The van der Waals surface area contributed by atoms with Crippen LogP contribution in [0.3, 0.4) is 0 Å². The molecule has 0 saturated carbocycles. The lowest BCUT2D eigenvalue weighted by molar-refractivity contribution is -0.110. The van der Waals surface area contributed by atoms with E-state index in [1.807, 2.05) is 32.8 Å². The van der Waals surface area contributed by atoms with Gasteiger partial charge in [0, 0.05) is 62.0 Å². The highest BCUT2D eigenvalue weighted by atomic mass is 19.1. The molecule has 1 aliphatic heterocycles. The van der Waals surface area contributed by atoms with Crippen molar-refractivity contribution in [2.24, 2.45) is 0 Å². The highest BCUT2D eigenvalue weighted by molar-refractivity contribution is 6.34. The number of hydrogen-bond acceptors (Lipinski definition) is 4. The van der Waals surface area contributed by atoms with Crippen LogP contribution in [0.2, 0.25) is 0 Å². The molecular formula is C25H31FN4O3. The maximum Gasteiger partial charge on any atom is 0.256 e. The van der Waals surface area contributed by atoms with E-state index in [1.54, 1.807) is 13.0 Å². The van der Waals surface area contributed by atoms with Crippen LogP contribution in [0, 0.1) is 19.7 Å². The Morgan fingerprint density at radius 2 is 2.06 bits per heavy atom. The zero-order valence-corrected chi connectivity index (χ0v) is 19.8. The molecule has 2 amide bonds. The van der Waals surface area contributed by atoms with E-state index < -0.39 is 5.82 Å². The highest BCUT2D eigenvalue weighted by Crippen LogP contribution is 2.34. The second-order valence-corrected chi connectivity index (χ2v) is 8.32. The first-order valence-corrected chi connectivity index (χ1v) is 10.9. The topological polar surface area (TPSA) is 86.5 Å². The number of halogens is 1. The molecule has 0 radical (unpaired) electrons. The first-order chi connectivity index (χ1) is 15.6. The summed E-state index contributed by atoms with van der Waals surface area (Å²) < 4.78 is 19.5. The Labute approximate surface area is 193 Å². The number of rotatable bonds is 9. The molecule has 0 bridgehead atoms. The Morgan fingerprint density at radius 1 is 1.33 bits per heavy atom. The van der Waals surface area contributed by atoms with Gasteiger partial charge in [-0.2, -0.15) is 0 Å². The van der Waals surface area contributed by atoms with Crippen molar-refractivity contribution in [3.8, 4) is 0 Å². The zero-order valence-electron chi connectivity index (χ0n) is 19.8. The smallest absolute Gasteiger partial charge is 0.256 e. The van der Waals surface area contributed by atoms with Gasteiger partial charge in [-0.15, -0.1) is 0 Å². The lowest BCUT2D eigenvalue weighted by atomic mass is 10.0. The van der Waals surface area contributed by atoms with Gasteiger partial charge in [0.2, 0.25) is 0 Å². The fraction of sp³-hybridized carbons (Fsp3) is 0.360. The minimum Gasteiger partial charge on any atom is -0.381 e. The number of nitrogens with zero attached hydrogens (tertiary/aromatic N) is 1. The molecule has 176 valence electrons. The van der Waals surface area contributed by atoms with Crippen LogP contribution in [0.5, 0.6) is 0 Å². The highest BCUT2D eigenvalue weighted by Gasteiger charge is 2.26. The van der Waals surface area contributed by atoms with Crippen LogP contribution in [0.1, 0.15) is 46.2 Å². The molecule has 0 spiro atoms. The summed E-state index contributed by atoms with van der Waals surface area (Å²) in [5.74, 6) is -0.960. The number of nitrogens with one attached hydrogen (secondary N) is 3. The van der Waals surface area contributed by atoms with Gasteiger partial charge in [-0.05, 0) is 50.6 Å². The fourth-order valence-corrected chi connectivity index (χ4v) is 3.87. The Morgan fingerprint density at radius 3 is 2.73 bits per heavy atom. The van der Waals surface area contributed by atoms with E-state index in [0.717, 1.165) is 5.70 Å². The van der Waals surface area contributed by atoms with Gasteiger partial charge in [-0.1, -0.05) is 6.58 Å². The molecule has 0 aliphatic carbocycles. The second-order valence-electron chi connectivity index (χ2n) is 8.32. The van der Waals surface area contributed by atoms with E-state index in [1.165, 1.54) is 18.2 Å². The number of fused-ring (bicyclic) bond motifs is 1. The lowest BCUT2D eigenvalue weighted by Crippen LogP contribution is -2.35. The third kappa shape index (κ3) is 5.34. The molecule has 1 atom stereocenters. The molecule has 1 aromatic carbocycles. The third-order valence-corrected chi connectivity index (χ3v) is 5.74. The summed E-state index contributed by atoms with van der Waals surface area (Å²) in [6.07, 6.45) is 2.07. The Kier molecular flexibility index (Phi) is 7.38. The maximum absolute atomic E-state index is 13.7. The summed E-state index contributed by atoms with van der Waals surface area (Å²) in [7, 11) is 3.84. The van der Waals surface area contributed by atoms with Crippen LogP contribution in [-0.4, -0.2) is 55.0 Å². The largest absolute Gasteiger partial charge is 0.381 e. The fourth-order valence-electron chi connectivity index (χ4n) is 3.87. The van der Waals surface area contributed by atoms with Gasteiger partial charge >= 0.3 is 0 Å². The quantitative estimate of drug-likeness (QED) is 0.502. The van der Waals surface area contributed by atoms with Crippen LogP contribution in [0.25, 0.3) is 11.6 Å². The van der Waals surface area contributed by atoms with Crippen molar-refractivity contribution < 1.29 is 18.7 Å². The number of benzene rings is 1. The average molecular weight is 455 g/mol. The van der Waals surface area contributed by atoms with Gasteiger partial charge in [0.15, 0.2) is 0 Å². The normalized spacial score (nSPS) is 14.7. The Bertz CT molecular complexity index is 1120. The van der Waals surface area contributed by atoms with Gasteiger partial charge in [-0.25, -0.2) is 4.39 Å². The summed E-state index contributed by atoms with van der Waals surface area (Å²) >= 11 is 0. The van der Waals surface area contributed by atoms with Gasteiger partial charge in [-0.3, -0.25) is 9.59 Å². The monoisotopic (exact) mass is 454 g/mol. The van der Waals surface area contributed by atoms with Crippen LogP contribution >= 0.6 is 0 Å². The molecule has 1 aromatic heterocycles. The molecular weight excluding hydrogens is 423 g/mol. The van der Waals surface area contributed by atoms with Crippen molar-refractivity contribution in [1.29, 1.82) is 0 Å². The average Bonchev–Trinajstić information content (AvgIpc) is 3.21. The van der Waals surface area contributed by atoms with Crippen molar-refractivity contribution in [3.63, 3.8) is 0 Å². The molecule has 7 nitrogen and oxygen atoms in total. The number of hydrogen-bond donors (Lipinski definition) is 3. The zero-order chi connectivity index (χ0) is 24.3. The van der Waals surface area contributed by atoms with Crippen molar-refractivity contribution >= 4 is 29.2 Å². The molecule has 1 aliphatic rings. The van der Waals surface area contributed by atoms with Gasteiger partial charge < -0.3 is 25.3 Å². The van der Waals surface area contributed by atoms with Gasteiger partial charge in [0.05, 0.1) is 17.2 Å². The van der Waals surface area contributed by atoms with Crippen LogP contribution in [0.4, 0.5) is 10.1 Å². The number of aromatic amines is 1.